The van der Waals surface area contributed by atoms with Gasteiger partial charge in [0.1, 0.15) is 0 Å². The summed E-state index contributed by atoms with van der Waals surface area (Å²) in [4.78, 5) is 14.0. The standard InChI is InChI=1S/C33H41N3O4/c1-5-18-36(4)21-30-23(3)31(27-12-10-24(22-37)11-13-27)40-32(39-30)28-16-14-26(15-17-28)29-9-7-8-25(19-29)20-35-33(38)34-6-2/h5,7-17,19,23,30-32,37H,1,6,18,20-22H2,2-4H3,(H2,34,35,38)/t23-,30+,31+,32+/m0/s1. The van der Waals surface area contributed by atoms with Gasteiger partial charge in [-0.05, 0) is 47.9 Å². The summed E-state index contributed by atoms with van der Waals surface area (Å²) in [6.45, 7) is 10.5. The molecule has 1 aliphatic rings. The van der Waals surface area contributed by atoms with Crippen LogP contribution in [0.4, 0.5) is 4.79 Å². The molecule has 2 amide bonds. The quantitative estimate of drug-likeness (QED) is 0.275. The Hall–Kier alpha value is -3.49. The van der Waals surface area contributed by atoms with Crippen LogP contribution in [0, 0.1) is 5.92 Å². The fourth-order valence-electron chi connectivity index (χ4n) is 5.03. The van der Waals surface area contributed by atoms with Crippen LogP contribution >= 0.6 is 0 Å². The van der Waals surface area contributed by atoms with Crippen molar-refractivity contribution < 1.29 is 19.4 Å². The monoisotopic (exact) mass is 543 g/mol. The largest absolute Gasteiger partial charge is 0.392 e. The molecule has 0 radical (unpaired) electrons. The molecule has 0 bridgehead atoms. The van der Waals surface area contributed by atoms with Gasteiger partial charge in [0.15, 0.2) is 6.29 Å². The Labute approximate surface area is 237 Å². The highest BCUT2D eigenvalue weighted by Crippen LogP contribution is 2.42. The number of carbonyl (C=O) groups excluding carboxylic acids is 1. The van der Waals surface area contributed by atoms with Crippen LogP contribution in [-0.4, -0.2) is 48.8 Å². The summed E-state index contributed by atoms with van der Waals surface area (Å²) >= 11 is 0. The van der Waals surface area contributed by atoms with Gasteiger partial charge in [-0.1, -0.05) is 79.7 Å². The molecule has 1 fully saturated rings. The SMILES string of the molecule is C=CCN(C)C[C@H]1O[C@@H](c2ccc(-c3cccc(CNC(=O)NCC)c3)cc2)O[C@@H](c2ccc(CO)cc2)[C@H]1C. The number of carbonyl (C=O) groups is 1. The predicted octanol–water partition coefficient (Wildman–Crippen LogP) is 5.57. The molecule has 3 N–H and O–H groups in total. The Bertz CT molecular complexity index is 1250. The number of aliphatic hydroxyl groups excluding tert-OH is 1. The molecule has 0 aliphatic carbocycles. The molecule has 0 unspecified atom stereocenters. The molecule has 3 aromatic rings. The normalized spacial score (nSPS) is 20.7. The summed E-state index contributed by atoms with van der Waals surface area (Å²) in [7, 11) is 2.07. The van der Waals surface area contributed by atoms with Crippen molar-refractivity contribution in [3.05, 3.63) is 108 Å². The van der Waals surface area contributed by atoms with Gasteiger partial charge in [-0.2, -0.15) is 0 Å². The Morgan fingerprint density at radius 1 is 0.975 bits per heavy atom. The molecule has 0 spiro atoms. The lowest BCUT2D eigenvalue weighted by Crippen LogP contribution is -2.43. The van der Waals surface area contributed by atoms with Gasteiger partial charge in [0, 0.05) is 37.7 Å². The van der Waals surface area contributed by atoms with Gasteiger partial charge in [0.05, 0.1) is 18.8 Å². The maximum absolute atomic E-state index is 11.8. The Morgan fingerprint density at radius 2 is 1.70 bits per heavy atom. The van der Waals surface area contributed by atoms with Crippen molar-refractivity contribution in [2.75, 3.05) is 26.7 Å². The average molecular weight is 544 g/mol. The molecule has 7 nitrogen and oxygen atoms in total. The van der Waals surface area contributed by atoms with Crippen molar-refractivity contribution in [1.29, 1.82) is 0 Å². The highest BCUT2D eigenvalue weighted by molar-refractivity contribution is 5.73. The van der Waals surface area contributed by atoms with Crippen LogP contribution in [-0.2, 0) is 22.6 Å². The van der Waals surface area contributed by atoms with E-state index in [1.807, 2.05) is 49.4 Å². The van der Waals surface area contributed by atoms with Gasteiger partial charge in [-0.15, -0.1) is 6.58 Å². The van der Waals surface area contributed by atoms with E-state index in [-0.39, 0.29) is 30.8 Å². The molecule has 4 atom stereocenters. The minimum atomic E-state index is -0.512. The minimum absolute atomic E-state index is 0.0159. The smallest absolute Gasteiger partial charge is 0.315 e. The third kappa shape index (κ3) is 7.58. The molecule has 0 saturated carbocycles. The number of hydrogen-bond donors (Lipinski definition) is 3. The van der Waals surface area contributed by atoms with Crippen molar-refractivity contribution >= 4 is 6.03 Å². The average Bonchev–Trinajstić information content (AvgIpc) is 2.98. The summed E-state index contributed by atoms with van der Waals surface area (Å²) in [5, 5.41) is 15.1. The highest BCUT2D eigenvalue weighted by Gasteiger charge is 2.38. The van der Waals surface area contributed by atoms with Crippen molar-refractivity contribution in [3.8, 4) is 11.1 Å². The summed E-state index contributed by atoms with van der Waals surface area (Å²) in [6, 6.07) is 24.3. The van der Waals surface area contributed by atoms with E-state index in [4.69, 9.17) is 9.47 Å². The Kier molecular flexibility index (Phi) is 10.5. The lowest BCUT2D eigenvalue weighted by atomic mass is 9.90. The second-order valence-electron chi connectivity index (χ2n) is 10.4. The van der Waals surface area contributed by atoms with Gasteiger partial charge in [0.2, 0.25) is 0 Å². The maximum atomic E-state index is 11.8. The number of rotatable bonds is 11. The van der Waals surface area contributed by atoms with E-state index < -0.39 is 6.29 Å². The molecule has 40 heavy (non-hydrogen) atoms. The summed E-state index contributed by atoms with van der Waals surface area (Å²) < 4.78 is 13.1. The van der Waals surface area contributed by atoms with E-state index in [1.165, 1.54) is 0 Å². The number of likely N-dealkylation sites (N-methyl/N-ethyl adjacent to an activating group) is 1. The first-order chi connectivity index (χ1) is 19.4. The number of amides is 2. The van der Waals surface area contributed by atoms with Crippen LogP contribution in [0.5, 0.6) is 0 Å². The van der Waals surface area contributed by atoms with Crippen molar-refractivity contribution in [3.63, 3.8) is 0 Å². The number of hydrogen-bond acceptors (Lipinski definition) is 5. The predicted molar refractivity (Wildman–Crippen MR) is 158 cm³/mol. The zero-order chi connectivity index (χ0) is 28.5. The molecule has 0 aromatic heterocycles. The highest BCUT2D eigenvalue weighted by atomic mass is 16.7. The molecule has 1 aliphatic heterocycles. The van der Waals surface area contributed by atoms with Crippen LogP contribution in [0.2, 0.25) is 0 Å². The third-order valence-corrected chi connectivity index (χ3v) is 7.29. The number of aliphatic hydroxyl groups is 1. The number of urea groups is 1. The van der Waals surface area contributed by atoms with E-state index in [9.17, 15) is 9.90 Å². The van der Waals surface area contributed by atoms with Crippen LogP contribution < -0.4 is 10.6 Å². The fourth-order valence-corrected chi connectivity index (χ4v) is 5.03. The molecule has 3 aromatic carbocycles. The van der Waals surface area contributed by atoms with Crippen LogP contribution in [0.25, 0.3) is 11.1 Å². The summed E-state index contributed by atoms with van der Waals surface area (Å²) in [5.74, 6) is 0.124. The Morgan fingerprint density at radius 3 is 2.38 bits per heavy atom. The van der Waals surface area contributed by atoms with Crippen LogP contribution in [0.15, 0.2) is 85.5 Å². The zero-order valence-electron chi connectivity index (χ0n) is 23.7. The summed E-state index contributed by atoms with van der Waals surface area (Å²) in [5.41, 5.74) is 6.09. The number of benzene rings is 3. The van der Waals surface area contributed by atoms with Gasteiger partial charge in [-0.25, -0.2) is 4.79 Å². The zero-order valence-corrected chi connectivity index (χ0v) is 23.7. The van der Waals surface area contributed by atoms with Gasteiger partial charge in [0.25, 0.3) is 0 Å². The van der Waals surface area contributed by atoms with Crippen molar-refractivity contribution in [2.24, 2.45) is 5.92 Å². The molecule has 4 rings (SSSR count). The first-order valence-corrected chi connectivity index (χ1v) is 13.9. The Balaban J connectivity index is 1.53. The van der Waals surface area contributed by atoms with E-state index >= 15 is 0 Å². The minimum Gasteiger partial charge on any atom is -0.392 e. The number of ether oxygens (including phenoxy) is 2. The number of nitrogens with one attached hydrogen (secondary N) is 2. The number of nitrogens with zero attached hydrogens (tertiary/aromatic N) is 1. The van der Waals surface area contributed by atoms with Crippen molar-refractivity contribution in [1.82, 2.24) is 15.5 Å². The van der Waals surface area contributed by atoms with Crippen LogP contribution in [0.3, 0.4) is 0 Å². The second kappa shape index (κ2) is 14.2. The lowest BCUT2D eigenvalue weighted by molar-refractivity contribution is -0.275. The first kappa shape index (κ1) is 29.5. The topological polar surface area (TPSA) is 83.1 Å². The fraction of sp³-hybridized carbons (Fsp3) is 0.364. The van der Waals surface area contributed by atoms with E-state index in [2.05, 4.69) is 72.5 Å². The summed E-state index contributed by atoms with van der Waals surface area (Å²) in [6.07, 6.45) is 1.20. The molecule has 7 heteroatoms. The van der Waals surface area contributed by atoms with Gasteiger partial charge < -0.3 is 30.1 Å². The van der Waals surface area contributed by atoms with Crippen LogP contribution in [0.1, 0.15) is 48.5 Å². The van der Waals surface area contributed by atoms with E-state index in [0.29, 0.717) is 13.1 Å². The second-order valence-corrected chi connectivity index (χ2v) is 10.4. The van der Waals surface area contributed by atoms with Gasteiger partial charge in [-0.3, -0.25) is 0 Å². The molecular weight excluding hydrogens is 502 g/mol. The lowest BCUT2D eigenvalue weighted by Gasteiger charge is -2.42. The molecule has 1 saturated heterocycles. The molecular formula is C33H41N3O4. The molecule has 1 heterocycles. The van der Waals surface area contributed by atoms with E-state index in [1.54, 1.807) is 0 Å². The first-order valence-electron chi connectivity index (χ1n) is 13.9. The third-order valence-electron chi connectivity index (χ3n) is 7.29. The van der Waals surface area contributed by atoms with Gasteiger partial charge >= 0.3 is 6.03 Å². The maximum Gasteiger partial charge on any atom is 0.315 e. The van der Waals surface area contributed by atoms with Crippen molar-refractivity contribution in [2.45, 2.75) is 45.5 Å². The molecule has 212 valence electrons. The van der Waals surface area contributed by atoms with E-state index in [0.717, 1.165) is 46.5 Å².